The van der Waals surface area contributed by atoms with E-state index in [9.17, 15) is 9.59 Å². The number of rotatable bonds is 5. The molecule has 142 valence electrons. The van der Waals surface area contributed by atoms with Crippen molar-refractivity contribution < 1.29 is 14.3 Å². The summed E-state index contributed by atoms with van der Waals surface area (Å²) in [7, 11) is 0. The van der Waals surface area contributed by atoms with Crippen molar-refractivity contribution in [1.82, 2.24) is 10.4 Å². The number of para-hydroxylation sites is 1. The summed E-state index contributed by atoms with van der Waals surface area (Å²) in [5, 5.41) is 4.66. The molecule has 8 heteroatoms. The van der Waals surface area contributed by atoms with E-state index < -0.39 is 0 Å². The van der Waals surface area contributed by atoms with Crippen molar-refractivity contribution in [3.8, 4) is 5.75 Å². The molecule has 2 heterocycles. The lowest BCUT2D eigenvalue weighted by atomic mass is 10.2. The van der Waals surface area contributed by atoms with Crippen molar-refractivity contribution in [3.63, 3.8) is 0 Å². The molecule has 0 aliphatic carbocycles. The Morgan fingerprint density at radius 3 is 2.89 bits per heavy atom. The lowest BCUT2D eigenvalue weighted by Gasteiger charge is -2.28. The average molecular weight is 394 g/mol. The summed E-state index contributed by atoms with van der Waals surface area (Å²) in [6.45, 7) is 2.52. The van der Waals surface area contributed by atoms with Crippen LogP contribution in [0.25, 0.3) is 10.2 Å². The van der Waals surface area contributed by atoms with Crippen molar-refractivity contribution in [2.75, 3.05) is 16.9 Å². The minimum Gasteiger partial charge on any atom is -0.494 e. The first-order valence-corrected chi connectivity index (χ1v) is 9.65. The Kier molecular flexibility index (Phi) is 4.94. The third kappa shape index (κ3) is 3.67. The molecule has 0 unspecified atom stereocenters. The Hall–Kier alpha value is -3.39. The fraction of sp³-hybridized carbons (Fsp3) is 0.150. The molecule has 2 amide bonds. The smallest absolute Gasteiger partial charge is 0.275 e. The molecule has 2 aromatic carbocycles. The van der Waals surface area contributed by atoms with Gasteiger partial charge in [0.15, 0.2) is 5.13 Å². The molecule has 7 nitrogen and oxygen atoms in total. The van der Waals surface area contributed by atoms with E-state index in [0.717, 1.165) is 16.0 Å². The predicted octanol–water partition coefficient (Wildman–Crippen LogP) is 3.46. The molecule has 0 atom stereocenters. The molecular weight excluding hydrogens is 376 g/mol. The van der Waals surface area contributed by atoms with Crippen LogP contribution in [0.15, 0.2) is 60.3 Å². The van der Waals surface area contributed by atoms with E-state index in [1.807, 2.05) is 43.3 Å². The molecule has 28 heavy (non-hydrogen) atoms. The first kappa shape index (κ1) is 18.0. The van der Waals surface area contributed by atoms with Crippen molar-refractivity contribution in [1.29, 1.82) is 0 Å². The number of anilines is 2. The fourth-order valence-electron chi connectivity index (χ4n) is 2.82. The summed E-state index contributed by atoms with van der Waals surface area (Å²) >= 11 is 1.37. The zero-order valence-corrected chi connectivity index (χ0v) is 16.0. The first-order chi connectivity index (χ1) is 13.6. The maximum absolute atomic E-state index is 12.7. The van der Waals surface area contributed by atoms with Crippen LogP contribution in [0.4, 0.5) is 10.8 Å². The summed E-state index contributed by atoms with van der Waals surface area (Å²) in [6, 6.07) is 14.8. The quantitative estimate of drug-likeness (QED) is 0.692. The highest BCUT2D eigenvalue weighted by molar-refractivity contribution is 7.22. The second-order valence-electron chi connectivity index (χ2n) is 6.03. The number of thiazole rings is 1. The topological polar surface area (TPSA) is 83.6 Å². The fourth-order valence-corrected chi connectivity index (χ4v) is 3.71. The Labute approximate surface area is 165 Å². The number of carbonyl (C=O) groups is 2. The molecule has 1 aliphatic heterocycles. The summed E-state index contributed by atoms with van der Waals surface area (Å²) in [4.78, 5) is 29.3. The number of fused-ring (bicyclic) bond motifs is 1. The first-order valence-electron chi connectivity index (χ1n) is 8.83. The van der Waals surface area contributed by atoms with Gasteiger partial charge in [0.05, 0.1) is 22.5 Å². The Morgan fingerprint density at radius 2 is 2.11 bits per heavy atom. The zero-order valence-electron chi connectivity index (χ0n) is 15.1. The number of ether oxygens (including phenoxy) is 1. The predicted molar refractivity (Wildman–Crippen MR) is 109 cm³/mol. The molecule has 3 aromatic rings. The van der Waals surface area contributed by atoms with Crippen LogP contribution in [0.2, 0.25) is 0 Å². The van der Waals surface area contributed by atoms with Gasteiger partial charge < -0.3 is 4.74 Å². The summed E-state index contributed by atoms with van der Waals surface area (Å²) in [6.07, 6.45) is 1.72. The molecule has 0 bridgehead atoms. The van der Waals surface area contributed by atoms with Crippen LogP contribution < -0.4 is 20.5 Å². The molecule has 0 radical (unpaired) electrons. The lowest BCUT2D eigenvalue weighted by molar-refractivity contribution is -0.119. The Bertz CT molecular complexity index is 1060. The van der Waals surface area contributed by atoms with Crippen molar-refractivity contribution >= 4 is 44.2 Å². The minimum absolute atomic E-state index is 0.133. The van der Waals surface area contributed by atoms with E-state index >= 15 is 0 Å². The van der Waals surface area contributed by atoms with E-state index in [4.69, 9.17) is 4.74 Å². The van der Waals surface area contributed by atoms with Gasteiger partial charge in [0.1, 0.15) is 11.4 Å². The van der Waals surface area contributed by atoms with E-state index in [0.29, 0.717) is 23.1 Å². The maximum atomic E-state index is 12.7. The third-order valence-corrected chi connectivity index (χ3v) is 5.05. The van der Waals surface area contributed by atoms with Gasteiger partial charge in [-0.1, -0.05) is 29.5 Å². The van der Waals surface area contributed by atoms with Crippen LogP contribution in [-0.4, -0.2) is 23.4 Å². The van der Waals surface area contributed by atoms with E-state index in [1.165, 1.54) is 16.3 Å². The van der Waals surface area contributed by atoms with Crippen LogP contribution >= 0.6 is 11.3 Å². The van der Waals surface area contributed by atoms with Gasteiger partial charge in [-0.05, 0) is 43.3 Å². The maximum Gasteiger partial charge on any atom is 0.275 e. The van der Waals surface area contributed by atoms with Gasteiger partial charge in [-0.25, -0.2) is 9.99 Å². The molecule has 0 saturated heterocycles. The van der Waals surface area contributed by atoms with Gasteiger partial charge in [0.2, 0.25) is 5.91 Å². The lowest BCUT2D eigenvalue weighted by Crippen LogP contribution is -2.47. The average Bonchev–Trinajstić information content (AvgIpc) is 3.10. The highest BCUT2D eigenvalue weighted by atomic mass is 32.1. The SMILES string of the molecule is CCOc1ccc2nc(NC(=O)C3=CCC(=O)N(c4ccccc4)N3)sc2c1. The number of nitrogens with one attached hydrogen (secondary N) is 2. The van der Waals surface area contributed by atoms with Crippen LogP contribution in [-0.2, 0) is 9.59 Å². The summed E-state index contributed by atoms with van der Waals surface area (Å²) in [5.41, 5.74) is 4.66. The number of benzene rings is 2. The monoisotopic (exact) mass is 394 g/mol. The normalized spacial score (nSPS) is 13.8. The van der Waals surface area contributed by atoms with Crippen molar-refractivity contribution in [3.05, 3.63) is 60.3 Å². The molecule has 1 aliphatic rings. The zero-order chi connectivity index (χ0) is 19.5. The number of nitrogens with zero attached hydrogens (tertiary/aromatic N) is 2. The van der Waals surface area contributed by atoms with E-state index in [-0.39, 0.29) is 18.2 Å². The highest BCUT2D eigenvalue weighted by Crippen LogP contribution is 2.29. The van der Waals surface area contributed by atoms with Gasteiger partial charge in [-0.3, -0.25) is 20.3 Å². The second-order valence-corrected chi connectivity index (χ2v) is 7.06. The number of carbonyl (C=O) groups excluding carboxylic acids is 2. The van der Waals surface area contributed by atoms with Crippen LogP contribution in [0.1, 0.15) is 13.3 Å². The highest BCUT2D eigenvalue weighted by Gasteiger charge is 2.24. The molecular formula is C20H18N4O3S. The molecule has 2 N–H and O–H groups in total. The summed E-state index contributed by atoms with van der Waals surface area (Å²) in [5.74, 6) is 0.286. The summed E-state index contributed by atoms with van der Waals surface area (Å²) < 4.78 is 6.42. The number of hydrogen-bond donors (Lipinski definition) is 2. The molecule has 0 fully saturated rings. The van der Waals surface area contributed by atoms with E-state index in [1.54, 1.807) is 18.2 Å². The van der Waals surface area contributed by atoms with Gasteiger partial charge in [0, 0.05) is 6.42 Å². The largest absolute Gasteiger partial charge is 0.494 e. The van der Waals surface area contributed by atoms with E-state index in [2.05, 4.69) is 15.7 Å². The van der Waals surface area contributed by atoms with Crippen LogP contribution in [0.3, 0.4) is 0 Å². The van der Waals surface area contributed by atoms with Crippen LogP contribution in [0.5, 0.6) is 5.75 Å². The van der Waals surface area contributed by atoms with Gasteiger partial charge in [-0.15, -0.1) is 0 Å². The molecule has 4 rings (SSSR count). The molecule has 1 aromatic heterocycles. The number of aromatic nitrogens is 1. The number of hydrazine groups is 1. The van der Waals surface area contributed by atoms with Crippen LogP contribution in [0, 0.1) is 0 Å². The minimum atomic E-state index is -0.350. The molecule has 0 spiro atoms. The second kappa shape index (κ2) is 7.69. The number of amides is 2. The Balaban J connectivity index is 1.50. The number of hydrogen-bond acceptors (Lipinski definition) is 6. The van der Waals surface area contributed by atoms with Gasteiger partial charge in [0.25, 0.3) is 5.91 Å². The molecule has 0 saturated carbocycles. The van der Waals surface area contributed by atoms with Gasteiger partial charge >= 0.3 is 0 Å². The Morgan fingerprint density at radius 1 is 1.29 bits per heavy atom. The van der Waals surface area contributed by atoms with Crippen molar-refractivity contribution in [2.24, 2.45) is 0 Å². The van der Waals surface area contributed by atoms with Gasteiger partial charge in [-0.2, -0.15) is 0 Å². The standard InChI is InChI=1S/C20H18N4O3S/c1-2-27-14-8-9-15-17(12-14)28-20(21-15)22-19(26)16-10-11-18(25)24(23-16)13-6-4-3-5-7-13/h3-10,12,23H,2,11H2,1H3,(H,21,22,26). The third-order valence-electron chi connectivity index (χ3n) is 4.11. The van der Waals surface area contributed by atoms with Crippen molar-refractivity contribution in [2.45, 2.75) is 13.3 Å².